The summed E-state index contributed by atoms with van der Waals surface area (Å²) in [5.41, 5.74) is 1.66. The highest BCUT2D eigenvalue weighted by molar-refractivity contribution is 5.97. The number of ether oxygens (including phenoxy) is 1. The number of nitrogens with zero attached hydrogens (tertiary/aromatic N) is 2. The third-order valence-electron chi connectivity index (χ3n) is 3.56. The first kappa shape index (κ1) is 15.7. The molecule has 1 aromatic carbocycles. The van der Waals surface area contributed by atoms with Crippen LogP contribution in [0.3, 0.4) is 0 Å². The Bertz CT molecular complexity index is 878. The second-order valence-electron chi connectivity index (χ2n) is 5.34. The van der Waals surface area contributed by atoms with Gasteiger partial charge in [0.25, 0.3) is 0 Å². The summed E-state index contributed by atoms with van der Waals surface area (Å²) in [6.45, 7) is 1.37. The molecular weight excluding hydrogens is 308 g/mol. The number of Topliss-reactive ketones (excluding diaryl/α,β-unsaturated/α-hetero) is 1. The Balaban J connectivity index is 1.67. The van der Waals surface area contributed by atoms with E-state index in [9.17, 15) is 9.59 Å². The predicted octanol–water partition coefficient (Wildman–Crippen LogP) is 3.24. The third kappa shape index (κ3) is 3.27. The van der Waals surface area contributed by atoms with Gasteiger partial charge in [0, 0.05) is 24.4 Å². The molecule has 0 amide bonds. The van der Waals surface area contributed by atoms with E-state index in [0.717, 1.165) is 5.56 Å². The van der Waals surface area contributed by atoms with E-state index in [4.69, 9.17) is 9.15 Å². The molecule has 0 aliphatic carbocycles. The molecular formula is C18H16N2O4. The van der Waals surface area contributed by atoms with Crippen molar-refractivity contribution in [3.63, 3.8) is 0 Å². The van der Waals surface area contributed by atoms with Gasteiger partial charge in [-0.05, 0) is 13.0 Å². The Morgan fingerprint density at radius 1 is 1.25 bits per heavy atom. The number of rotatable bonds is 5. The van der Waals surface area contributed by atoms with Gasteiger partial charge in [-0.1, -0.05) is 30.3 Å². The first-order valence-corrected chi connectivity index (χ1v) is 7.39. The normalized spacial score (nSPS) is 10.6. The quantitative estimate of drug-likeness (QED) is 0.532. The van der Waals surface area contributed by atoms with Crippen molar-refractivity contribution in [3.05, 3.63) is 65.9 Å². The molecule has 0 fully saturated rings. The minimum absolute atomic E-state index is 0.0771. The maximum absolute atomic E-state index is 12.1. The van der Waals surface area contributed by atoms with E-state index in [2.05, 4.69) is 4.98 Å². The molecule has 0 aliphatic heterocycles. The van der Waals surface area contributed by atoms with Gasteiger partial charge in [0.15, 0.2) is 18.2 Å². The molecule has 0 aliphatic rings. The zero-order valence-electron chi connectivity index (χ0n) is 13.4. The van der Waals surface area contributed by atoms with Crippen LogP contribution >= 0.6 is 0 Å². The lowest BCUT2D eigenvalue weighted by Gasteiger charge is -2.03. The van der Waals surface area contributed by atoms with Crippen molar-refractivity contribution in [1.29, 1.82) is 0 Å². The van der Waals surface area contributed by atoms with E-state index in [1.54, 1.807) is 24.0 Å². The number of esters is 1. The van der Waals surface area contributed by atoms with E-state index in [1.165, 1.54) is 13.0 Å². The average molecular weight is 324 g/mol. The first-order chi connectivity index (χ1) is 11.5. The highest BCUT2D eigenvalue weighted by Gasteiger charge is 2.16. The van der Waals surface area contributed by atoms with Gasteiger partial charge in [-0.3, -0.25) is 4.79 Å². The summed E-state index contributed by atoms with van der Waals surface area (Å²) < 4.78 is 12.3. The van der Waals surface area contributed by atoms with Crippen molar-refractivity contribution >= 4 is 11.8 Å². The summed E-state index contributed by atoms with van der Waals surface area (Å²) in [4.78, 5) is 27.6. The smallest absolute Gasteiger partial charge is 0.355 e. The SMILES string of the molecule is CC(=O)c1cc(C(=O)OCc2ncc(-c3ccccc3)o2)n(C)c1. The molecule has 0 atom stereocenters. The monoisotopic (exact) mass is 324 g/mol. The van der Waals surface area contributed by atoms with Gasteiger partial charge in [-0.15, -0.1) is 0 Å². The zero-order valence-corrected chi connectivity index (χ0v) is 13.4. The molecule has 2 aromatic heterocycles. The zero-order chi connectivity index (χ0) is 17.1. The molecule has 3 rings (SSSR count). The summed E-state index contributed by atoms with van der Waals surface area (Å²) in [6, 6.07) is 11.0. The molecule has 0 saturated carbocycles. The van der Waals surface area contributed by atoms with Gasteiger partial charge >= 0.3 is 5.97 Å². The summed E-state index contributed by atoms with van der Waals surface area (Å²) in [5.74, 6) is 0.275. The van der Waals surface area contributed by atoms with E-state index in [-0.39, 0.29) is 12.4 Å². The predicted molar refractivity (Wildman–Crippen MR) is 86.5 cm³/mol. The fraction of sp³-hybridized carbons (Fsp3) is 0.167. The van der Waals surface area contributed by atoms with Crippen molar-refractivity contribution in [3.8, 4) is 11.3 Å². The molecule has 0 unspecified atom stereocenters. The van der Waals surface area contributed by atoms with Crippen LogP contribution in [-0.4, -0.2) is 21.3 Å². The lowest BCUT2D eigenvalue weighted by Crippen LogP contribution is -2.09. The maximum Gasteiger partial charge on any atom is 0.355 e. The number of carbonyl (C=O) groups excluding carboxylic acids is 2. The van der Waals surface area contributed by atoms with Gasteiger partial charge in [-0.25, -0.2) is 9.78 Å². The van der Waals surface area contributed by atoms with Crippen LogP contribution in [0.4, 0.5) is 0 Å². The number of oxazole rings is 1. The van der Waals surface area contributed by atoms with E-state index in [1.807, 2.05) is 30.3 Å². The van der Waals surface area contributed by atoms with Crippen molar-refractivity contribution in [2.24, 2.45) is 7.05 Å². The Hall–Kier alpha value is -3.15. The fourth-order valence-corrected chi connectivity index (χ4v) is 2.27. The molecule has 122 valence electrons. The molecule has 0 N–H and O–H groups in total. The molecule has 6 heteroatoms. The molecule has 6 nitrogen and oxygen atoms in total. The summed E-state index contributed by atoms with van der Waals surface area (Å²) >= 11 is 0. The topological polar surface area (TPSA) is 74.3 Å². The number of carbonyl (C=O) groups is 2. The van der Waals surface area contributed by atoms with Crippen LogP contribution in [0, 0.1) is 0 Å². The largest absolute Gasteiger partial charge is 0.451 e. The average Bonchev–Trinajstić information content (AvgIpc) is 3.20. The molecule has 0 saturated heterocycles. The van der Waals surface area contributed by atoms with Crippen molar-refractivity contribution < 1.29 is 18.7 Å². The second-order valence-corrected chi connectivity index (χ2v) is 5.34. The standard InChI is InChI=1S/C18H16N2O4/c1-12(21)14-8-15(20(2)10-14)18(22)23-11-17-19-9-16(24-17)13-6-4-3-5-7-13/h3-10H,11H2,1-2H3. The van der Waals surface area contributed by atoms with E-state index in [0.29, 0.717) is 22.9 Å². The number of ketones is 1. The molecule has 0 radical (unpaired) electrons. The molecule has 3 aromatic rings. The van der Waals surface area contributed by atoms with Gasteiger partial charge in [0.2, 0.25) is 5.89 Å². The lowest BCUT2D eigenvalue weighted by atomic mass is 10.2. The Labute approximate surface area is 138 Å². The van der Waals surface area contributed by atoms with Crippen LogP contribution in [0.1, 0.15) is 33.7 Å². The molecule has 2 heterocycles. The highest BCUT2D eigenvalue weighted by Crippen LogP contribution is 2.20. The van der Waals surface area contributed by atoms with Crippen molar-refractivity contribution in [1.82, 2.24) is 9.55 Å². The lowest BCUT2D eigenvalue weighted by molar-refractivity contribution is 0.0428. The minimum atomic E-state index is -0.538. The Morgan fingerprint density at radius 3 is 2.67 bits per heavy atom. The van der Waals surface area contributed by atoms with Crippen LogP contribution in [-0.2, 0) is 18.4 Å². The third-order valence-corrected chi connectivity index (χ3v) is 3.56. The minimum Gasteiger partial charge on any atom is -0.451 e. The van der Waals surface area contributed by atoms with E-state index < -0.39 is 5.97 Å². The molecule has 0 spiro atoms. The molecule has 0 bridgehead atoms. The Morgan fingerprint density at radius 2 is 2.00 bits per heavy atom. The van der Waals surface area contributed by atoms with Crippen LogP contribution < -0.4 is 0 Å². The molecule has 24 heavy (non-hydrogen) atoms. The fourth-order valence-electron chi connectivity index (χ4n) is 2.27. The van der Waals surface area contributed by atoms with Crippen molar-refractivity contribution in [2.45, 2.75) is 13.5 Å². The number of hydrogen-bond donors (Lipinski definition) is 0. The van der Waals surface area contributed by atoms with Crippen LogP contribution in [0.5, 0.6) is 0 Å². The number of aromatic nitrogens is 2. The second kappa shape index (κ2) is 6.54. The highest BCUT2D eigenvalue weighted by atomic mass is 16.5. The van der Waals surface area contributed by atoms with Gasteiger partial charge in [0.05, 0.1) is 6.20 Å². The van der Waals surface area contributed by atoms with Gasteiger partial charge in [0.1, 0.15) is 5.69 Å². The summed E-state index contributed by atoms with van der Waals surface area (Å²) in [5, 5.41) is 0. The maximum atomic E-state index is 12.1. The van der Waals surface area contributed by atoms with Crippen LogP contribution in [0.15, 0.2) is 53.2 Å². The van der Waals surface area contributed by atoms with Gasteiger partial charge in [-0.2, -0.15) is 0 Å². The summed E-state index contributed by atoms with van der Waals surface area (Å²) in [7, 11) is 1.68. The number of aryl methyl sites for hydroxylation is 1. The van der Waals surface area contributed by atoms with Gasteiger partial charge < -0.3 is 13.7 Å². The summed E-state index contributed by atoms with van der Waals surface area (Å²) in [6.07, 6.45) is 3.19. The van der Waals surface area contributed by atoms with Crippen molar-refractivity contribution in [2.75, 3.05) is 0 Å². The van der Waals surface area contributed by atoms with Crippen LogP contribution in [0.2, 0.25) is 0 Å². The first-order valence-electron chi connectivity index (χ1n) is 7.39. The van der Waals surface area contributed by atoms with E-state index >= 15 is 0 Å². The number of benzene rings is 1. The Kier molecular flexibility index (Phi) is 4.29. The van der Waals surface area contributed by atoms with Crippen LogP contribution in [0.25, 0.3) is 11.3 Å². The number of hydrogen-bond acceptors (Lipinski definition) is 5.